The molecule has 1 nitrogen and oxygen atoms in total. The second-order valence-corrected chi connectivity index (χ2v) is 17.2. The second kappa shape index (κ2) is 16.2. The number of rotatable bonds is 10. The zero-order chi connectivity index (χ0) is 44.1. The molecule has 0 saturated heterocycles. The van der Waals surface area contributed by atoms with E-state index in [1.807, 2.05) is 63.2 Å². The number of carbonyl (C=O) groups is 1. The van der Waals surface area contributed by atoms with E-state index in [0.29, 0.717) is 46.2 Å². The third kappa shape index (κ3) is 8.20. The molecule has 0 amide bonds. The fourth-order valence-corrected chi connectivity index (χ4v) is 8.25. The lowest BCUT2D eigenvalue weighted by atomic mass is 9.71. The Kier molecular flexibility index (Phi) is 11.9. The van der Waals surface area contributed by atoms with E-state index in [4.69, 9.17) is 0 Å². The van der Waals surface area contributed by atoms with Crippen molar-refractivity contribution < 1.29 is 31.1 Å². The second-order valence-electron chi connectivity index (χ2n) is 17.2. The van der Waals surface area contributed by atoms with Gasteiger partial charge in [0.1, 0.15) is 0 Å². The van der Waals surface area contributed by atoms with Gasteiger partial charge in [0, 0.05) is 16.5 Å². The van der Waals surface area contributed by atoms with Gasteiger partial charge in [0.05, 0.1) is 0 Å². The van der Waals surface area contributed by atoms with E-state index < -0.39 is 34.3 Å². The maximum absolute atomic E-state index is 14.9. The number of halogens is 6. The quantitative estimate of drug-likeness (QED) is 0.0994. The van der Waals surface area contributed by atoms with Crippen molar-refractivity contribution in [3.8, 4) is 0 Å². The van der Waals surface area contributed by atoms with Crippen molar-refractivity contribution in [3.05, 3.63) is 209 Å². The Balaban J connectivity index is 1.27. The molecule has 0 radical (unpaired) electrons. The summed E-state index contributed by atoms with van der Waals surface area (Å²) in [5.41, 5.74) is 7.74. The highest BCUT2D eigenvalue weighted by Gasteiger charge is 2.72. The molecule has 6 aromatic carbocycles. The lowest BCUT2D eigenvalue weighted by Gasteiger charge is -2.39. The normalized spacial score (nSPS) is 12.5. The molecule has 6 aromatic rings. The number of aryl methyl sites for hydroxylation is 8. The molecule has 312 valence electrons. The molecular weight excluding hydrogens is 767 g/mol. The first kappa shape index (κ1) is 44.1. The average Bonchev–Trinajstić information content (AvgIpc) is 3.16. The molecule has 0 aliphatic heterocycles. The largest absolute Gasteiger partial charge is 0.411 e. The van der Waals surface area contributed by atoms with Crippen LogP contribution in [0.1, 0.15) is 119 Å². The van der Waals surface area contributed by atoms with Gasteiger partial charge in [0.2, 0.25) is 5.41 Å². The first-order valence-electron chi connectivity index (χ1n) is 20.2. The highest BCUT2D eigenvalue weighted by Crippen LogP contribution is 2.56. The van der Waals surface area contributed by atoms with Gasteiger partial charge in [-0.15, -0.1) is 0 Å². The predicted molar refractivity (Wildman–Crippen MR) is 231 cm³/mol. The lowest BCUT2D eigenvalue weighted by molar-refractivity contribution is -0.288. The minimum Gasteiger partial charge on any atom is -0.289 e. The number of hydrogen-bond acceptors (Lipinski definition) is 1. The molecule has 0 aromatic heterocycles. The molecular formula is C53H52F6O. The van der Waals surface area contributed by atoms with Gasteiger partial charge in [-0.2, -0.15) is 26.3 Å². The maximum Gasteiger partial charge on any atom is 0.411 e. The molecule has 0 atom stereocenters. The maximum atomic E-state index is 14.9. The van der Waals surface area contributed by atoms with Crippen LogP contribution in [0.5, 0.6) is 0 Å². The molecule has 0 aliphatic carbocycles. The number of ketones is 1. The summed E-state index contributed by atoms with van der Waals surface area (Å²) in [6.45, 7) is 19.2. The monoisotopic (exact) mass is 818 g/mol. The predicted octanol–water partition coefficient (Wildman–Crippen LogP) is 14.3. The zero-order valence-corrected chi connectivity index (χ0v) is 36.0. The molecule has 0 spiro atoms. The van der Waals surface area contributed by atoms with E-state index >= 15 is 0 Å². The Morgan fingerprint density at radius 2 is 0.750 bits per heavy atom. The summed E-state index contributed by atoms with van der Waals surface area (Å²) in [4.78, 5) is 13.5. The highest BCUT2D eigenvalue weighted by atomic mass is 19.4. The first-order valence-corrected chi connectivity index (χ1v) is 20.2. The lowest BCUT2D eigenvalue weighted by Crippen LogP contribution is -2.54. The van der Waals surface area contributed by atoms with Crippen molar-refractivity contribution in [2.45, 2.75) is 105 Å². The van der Waals surface area contributed by atoms with E-state index in [2.05, 4.69) is 58.0 Å². The summed E-state index contributed by atoms with van der Waals surface area (Å²) in [7, 11) is 0. The van der Waals surface area contributed by atoms with Crippen LogP contribution in [0.25, 0.3) is 0 Å². The van der Waals surface area contributed by atoms with Gasteiger partial charge in [-0.1, -0.05) is 111 Å². The molecule has 60 heavy (non-hydrogen) atoms. The molecule has 6 rings (SSSR count). The molecule has 0 unspecified atom stereocenters. The minimum absolute atomic E-state index is 0.00457. The van der Waals surface area contributed by atoms with Gasteiger partial charge in [-0.25, -0.2) is 0 Å². The van der Waals surface area contributed by atoms with Crippen LogP contribution in [0.2, 0.25) is 0 Å². The van der Waals surface area contributed by atoms with Crippen molar-refractivity contribution >= 4 is 5.78 Å². The van der Waals surface area contributed by atoms with Gasteiger partial charge in [-0.3, -0.25) is 4.79 Å². The Morgan fingerprint density at radius 3 is 1.27 bits per heavy atom. The van der Waals surface area contributed by atoms with Crippen molar-refractivity contribution in [1.82, 2.24) is 0 Å². The minimum atomic E-state index is -5.65. The van der Waals surface area contributed by atoms with E-state index in [1.54, 1.807) is 13.8 Å². The summed E-state index contributed by atoms with van der Waals surface area (Å²) in [6, 6.07) is 31.1. The van der Waals surface area contributed by atoms with Crippen LogP contribution in [0.3, 0.4) is 0 Å². The van der Waals surface area contributed by atoms with E-state index in [0.717, 1.165) is 79.9 Å². The van der Waals surface area contributed by atoms with E-state index in [-0.39, 0.29) is 5.78 Å². The number of benzene rings is 6. The van der Waals surface area contributed by atoms with Crippen LogP contribution in [0.15, 0.2) is 109 Å². The summed E-state index contributed by atoms with van der Waals surface area (Å²) >= 11 is 0. The highest BCUT2D eigenvalue weighted by molar-refractivity contribution is 6.09. The molecule has 0 N–H and O–H groups in total. The summed E-state index contributed by atoms with van der Waals surface area (Å²) in [5.74, 6) is -0.00457. The van der Waals surface area contributed by atoms with Gasteiger partial charge in [0.15, 0.2) is 5.78 Å². The van der Waals surface area contributed by atoms with Gasteiger partial charge < -0.3 is 0 Å². The fraction of sp³-hybridized carbons (Fsp3) is 0.302. The smallest absolute Gasteiger partial charge is 0.289 e. The van der Waals surface area contributed by atoms with Crippen LogP contribution in [0, 0.1) is 55.4 Å². The number of carbonyl (C=O) groups excluding carboxylic acids is 1. The molecule has 0 aliphatic rings. The Morgan fingerprint density at radius 1 is 0.383 bits per heavy atom. The van der Waals surface area contributed by atoms with Crippen molar-refractivity contribution in [1.29, 1.82) is 0 Å². The van der Waals surface area contributed by atoms with Gasteiger partial charge >= 0.3 is 12.4 Å². The van der Waals surface area contributed by atoms with E-state index in [9.17, 15) is 31.1 Å². The molecule has 0 heterocycles. The summed E-state index contributed by atoms with van der Waals surface area (Å²) in [6.07, 6.45) is -10.3. The first-order chi connectivity index (χ1) is 27.9. The SMILES string of the molecule is Cc1ccc(C(=O)c2ccc(C)c(Cc3cc(C(C)(C)c4ccc(Cc5ccc(C(c6ccc(C)c(C)c6)(C(F)(F)F)C(F)(F)F)cc5C)c(C)c4)ccc3C)c2)cc1C. The van der Waals surface area contributed by atoms with Crippen molar-refractivity contribution in [2.75, 3.05) is 0 Å². The van der Waals surface area contributed by atoms with Gasteiger partial charge in [-0.05, 0) is 169 Å². The Hall–Kier alpha value is -5.43. The molecule has 0 saturated carbocycles. The van der Waals surface area contributed by atoms with Crippen LogP contribution in [-0.4, -0.2) is 18.1 Å². The van der Waals surface area contributed by atoms with Crippen LogP contribution in [-0.2, 0) is 23.7 Å². The topological polar surface area (TPSA) is 17.1 Å². The Bertz CT molecular complexity index is 2590. The van der Waals surface area contributed by atoms with Gasteiger partial charge in [0.25, 0.3) is 0 Å². The summed E-state index contributed by atoms with van der Waals surface area (Å²) < 4.78 is 89.4. The molecule has 0 bridgehead atoms. The van der Waals surface area contributed by atoms with Crippen molar-refractivity contribution in [2.24, 2.45) is 0 Å². The third-order valence-corrected chi connectivity index (χ3v) is 12.8. The number of hydrogen-bond donors (Lipinski definition) is 0. The fourth-order valence-electron chi connectivity index (χ4n) is 8.25. The van der Waals surface area contributed by atoms with Crippen LogP contribution < -0.4 is 0 Å². The average molecular weight is 819 g/mol. The van der Waals surface area contributed by atoms with Crippen molar-refractivity contribution in [3.63, 3.8) is 0 Å². The summed E-state index contributed by atoms with van der Waals surface area (Å²) in [5, 5.41) is 0. The Labute approximate surface area is 350 Å². The molecule has 0 fully saturated rings. The number of alkyl halides is 6. The van der Waals surface area contributed by atoms with E-state index in [1.165, 1.54) is 19.1 Å². The zero-order valence-electron chi connectivity index (χ0n) is 36.0. The molecule has 7 heteroatoms. The van der Waals surface area contributed by atoms with Crippen LogP contribution >= 0.6 is 0 Å². The van der Waals surface area contributed by atoms with Crippen LogP contribution in [0.4, 0.5) is 26.3 Å². The third-order valence-electron chi connectivity index (χ3n) is 12.8. The standard InChI is InChI=1S/C53H52F6O/c1-31-11-15-41(23-35(31)5)49(60)42-16-12-33(3)43(28-42)29-44-30-46(19-14-34(44)4)50(9,10)45-21-17-39(37(7)25-45)27-40-18-22-48(26-38(40)8)51(52(54,55)56,53(57,58)59)47-20-13-32(2)36(6)24-47/h11-26,28,30H,27,29H2,1-10H3.